The van der Waals surface area contributed by atoms with Gasteiger partial charge in [-0.05, 0) is 43.9 Å². The van der Waals surface area contributed by atoms with Gasteiger partial charge in [-0.2, -0.15) is 0 Å². The van der Waals surface area contributed by atoms with Gasteiger partial charge in [-0.25, -0.2) is 0 Å². The first kappa shape index (κ1) is 10.4. The maximum absolute atomic E-state index is 9.95. The van der Waals surface area contributed by atoms with Crippen LogP contribution in [0.4, 0.5) is 0 Å². The maximum Gasteiger partial charge on any atom is 0.0863 e. The summed E-state index contributed by atoms with van der Waals surface area (Å²) in [5, 5.41) is 9.95. The molecule has 4 unspecified atom stereocenters. The Labute approximate surface area is 86.6 Å². The predicted octanol–water partition coefficient (Wildman–Crippen LogP) is 2.35. The van der Waals surface area contributed by atoms with E-state index >= 15 is 0 Å². The van der Waals surface area contributed by atoms with Gasteiger partial charge in [0, 0.05) is 0 Å². The summed E-state index contributed by atoms with van der Waals surface area (Å²) >= 11 is 0. The smallest absolute Gasteiger partial charge is 0.0863 e. The van der Waals surface area contributed by atoms with E-state index < -0.39 is 0 Å². The average molecular weight is 198 g/mol. The topological polar surface area (TPSA) is 29.5 Å². The summed E-state index contributed by atoms with van der Waals surface area (Å²) in [6, 6.07) is 0. The van der Waals surface area contributed by atoms with Crippen LogP contribution in [0.3, 0.4) is 0 Å². The van der Waals surface area contributed by atoms with Crippen molar-refractivity contribution in [3.63, 3.8) is 0 Å². The molecule has 82 valence electrons. The molecule has 2 nitrogen and oxygen atoms in total. The van der Waals surface area contributed by atoms with E-state index in [9.17, 15) is 5.11 Å². The molecule has 0 aromatic rings. The van der Waals surface area contributed by atoms with Crippen LogP contribution in [0.1, 0.15) is 46.0 Å². The molecule has 0 aromatic carbocycles. The van der Waals surface area contributed by atoms with E-state index in [0.717, 1.165) is 6.42 Å². The Hall–Kier alpha value is -0.0800. The minimum absolute atomic E-state index is 0.108. The maximum atomic E-state index is 9.95. The van der Waals surface area contributed by atoms with Crippen molar-refractivity contribution >= 4 is 0 Å². The summed E-state index contributed by atoms with van der Waals surface area (Å²) < 4.78 is 5.95. The van der Waals surface area contributed by atoms with Gasteiger partial charge in [-0.15, -0.1) is 0 Å². The van der Waals surface area contributed by atoms with Crippen LogP contribution in [-0.2, 0) is 4.74 Å². The van der Waals surface area contributed by atoms with Crippen LogP contribution in [0.15, 0.2) is 0 Å². The van der Waals surface area contributed by atoms with Gasteiger partial charge < -0.3 is 9.84 Å². The van der Waals surface area contributed by atoms with Gasteiger partial charge in [-0.1, -0.05) is 13.8 Å². The predicted molar refractivity (Wildman–Crippen MR) is 56.1 cm³/mol. The third-order valence-electron chi connectivity index (χ3n) is 3.76. The van der Waals surface area contributed by atoms with E-state index in [0.29, 0.717) is 17.9 Å². The van der Waals surface area contributed by atoms with Crippen LogP contribution in [0.2, 0.25) is 0 Å². The van der Waals surface area contributed by atoms with E-state index in [4.69, 9.17) is 4.74 Å². The van der Waals surface area contributed by atoms with E-state index in [1.165, 1.54) is 25.7 Å². The molecule has 0 aromatic heterocycles. The highest BCUT2D eigenvalue weighted by molar-refractivity contribution is 4.85. The molecule has 2 rings (SSSR count). The average Bonchev–Trinajstić information content (AvgIpc) is 1.98. The molecule has 0 bridgehead atoms. The molecule has 2 heteroatoms. The van der Waals surface area contributed by atoms with Crippen LogP contribution < -0.4 is 0 Å². The molecular weight excluding hydrogens is 176 g/mol. The third kappa shape index (κ3) is 2.12. The lowest BCUT2D eigenvalue weighted by Gasteiger charge is -2.40. The second kappa shape index (κ2) is 4.19. The van der Waals surface area contributed by atoms with Crippen LogP contribution in [0.5, 0.6) is 0 Å². The fourth-order valence-electron chi connectivity index (χ4n) is 2.74. The van der Waals surface area contributed by atoms with Crippen molar-refractivity contribution in [1.29, 1.82) is 0 Å². The summed E-state index contributed by atoms with van der Waals surface area (Å²) in [4.78, 5) is 0. The van der Waals surface area contributed by atoms with Gasteiger partial charge in [0.15, 0.2) is 0 Å². The Kier molecular flexibility index (Phi) is 3.13. The van der Waals surface area contributed by atoms with Gasteiger partial charge in [-0.3, -0.25) is 0 Å². The molecule has 0 spiro atoms. The molecule has 2 saturated carbocycles. The molecule has 0 amide bonds. The van der Waals surface area contributed by atoms with Crippen molar-refractivity contribution in [2.24, 2.45) is 11.8 Å². The van der Waals surface area contributed by atoms with Crippen molar-refractivity contribution < 1.29 is 9.84 Å². The number of hydrogen-bond acceptors (Lipinski definition) is 2. The monoisotopic (exact) mass is 198 g/mol. The summed E-state index contributed by atoms with van der Waals surface area (Å²) in [7, 11) is 0. The highest BCUT2D eigenvalue weighted by Gasteiger charge is 2.36. The largest absolute Gasteiger partial charge is 0.390 e. The van der Waals surface area contributed by atoms with Crippen molar-refractivity contribution in [2.45, 2.75) is 64.3 Å². The first-order chi connectivity index (χ1) is 6.66. The third-order valence-corrected chi connectivity index (χ3v) is 3.76. The molecule has 0 saturated heterocycles. The number of hydrogen-bond donors (Lipinski definition) is 1. The molecule has 14 heavy (non-hydrogen) atoms. The first-order valence-corrected chi connectivity index (χ1v) is 6.00. The van der Waals surface area contributed by atoms with Crippen molar-refractivity contribution in [1.82, 2.24) is 0 Å². The van der Waals surface area contributed by atoms with Crippen LogP contribution in [0.25, 0.3) is 0 Å². The van der Waals surface area contributed by atoms with E-state index in [1.54, 1.807) is 0 Å². The van der Waals surface area contributed by atoms with Crippen molar-refractivity contribution in [2.75, 3.05) is 0 Å². The quantitative estimate of drug-likeness (QED) is 0.738. The summed E-state index contributed by atoms with van der Waals surface area (Å²) in [6.45, 7) is 4.43. The number of aliphatic hydroxyl groups excluding tert-OH is 1. The van der Waals surface area contributed by atoms with Crippen molar-refractivity contribution in [3.05, 3.63) is 0 Å². The van der Waals surface area contributed by atoms with Gasteiger partial charge >= 0.3 is 0 Å². The summed E-state index contributed by atoms with van der Waals surface area (Å²) in [5.41, 5.74) is 0. The molecule has 2 aliphatic rings. The minimum atomic E-state index is -0.227. The molecule has 0 radical (unpaired) electrons. The zero-order valence-corrected chi connectivity index (χ0v) is 9.28. The lowest BCUT2D eigenvalue weighted by atomic mass is 9.79. The highest BCUT2D eigenvalue weighted by Crippen LogP contribution is 2.34. The zero-order valence-electron chi connectivity index (χ0n) is 9.28. The second-order valence-corrected chi connectivity index (χ2v) is 5.27. The Morgan fingerprint density at radius 1 is 1.14 bits per heavy atom. The SMILES string of the molecule is CC1CC(C)C(OC2CCC2)C(O)C1. The van der Waals surface area contributed by atoms with Gasteiger partial charge in [0.05, 0.1) is 18.3 Å². The van der Waals surface area contributed by atoms with Crippen LogP contribution in [-0.4, -0.2) is 23.4 Å². The normalized spacial score (nSPS) is 44.8. The van der Waals surface area contributed by atoms with E-state index in [1.807, 2.05) is 0 Å². The Bertz CT molecular complexity index is 177. The van der Waals surface area contributed by atoms with Gasteiger partial charge in [0.1, 0.15) is 0 Å². The molecule has 2 aliphatic carbocycles. The first-order valence-electron chi connectivity index (χ1n) is 6.00. The van der Waals surface area contributed by atoms with Gasteiger partial charge in [0.25, 0.3) is 0 Å². The van der Waals surface area contributed by atoms with Crippen LogP contribution >= 0.6 is 0 Å². The Balaban J connectivity index is 1.87. The summed E-state index contributed by atoms with van der Waals surface area (Å²) in [5.74, 6) is 1.18. The van der Waals surface area contributed by atoms with Crippen LogP contribution in [0, 0.1) is 11.8 Å². The minimum Gasteiger partial charge on any atom is -0.390 e. The number of ether oxygens (including phenoxy) is 1. The molecular formula is C12H22O2. The fourth-order valence-corrected chi connectivity index (χ4v) is 2.74. The lowest BCUT2D eigenvalue weighted by Crippen LogP contribution is -2.44. The molecule has 1 N–H and O–H groups in total. The van der Waals surface area contributed by atoms with E-state index in [2.05, 4.69) is 13.8 Å². The van der Waals surface area contributed by atoms with Gasteiger partial charge in [0.2, 0.25) is 0 Å². The fraction of sp³-hybridized carbons (Fsp3) is 1.00. The summed E-state index contributed by atoms with van der Waals surface area (Å²) in [6.07, 6.45) is 6.15. The molecule has 0 heterocycles. The Morgan fingerprint density at radius 3 is 2.36 bits per heavy atom. The highest BCUT2D eigenvalue weighted by atomic mass is 16.5. The standard InChI is InChI=1S/C12H22O2/c1-8-6-9(2)12(11(13)7-8)14-10-4-3-5-10/h8-13H,3-7H2,1-2H3. The second-order valence-electron chi connectivity index (χ2n) is 5.27. The number of rotatable bonds is 2. The van der Waals surface area contributed by atoms with E-state index in [-0.39, 0.29) is 12.2 Å². The molecule has 2 fully saturated rings. The van der Waals surface area contributed by atoms with Crippen molar-refractivity contribution in [3.8, 4) is 0 Å². The molecule has 0 aliphatic heterocycles. The molecule has 4 atom stereocenters. The zero-order chi connectivity index (χ0) is 10.1. The number of aliphatic hydroxyl groups is 1. The lowest BCUT2D eigenvalue weighted by molar-refractivity contribution is -0.143. The Morgan fingerprint density at radius 2 is 1.86 bits per heavy atom.